The molecule has 1 aromatic rings. The number of carbonyl (C=O) groups excluding carboxylic acids is 1. The number of nitrogens with one attached hydrogen (secondary N) is 1. The monoisotopic (exact) mass is 304 g/mol. The molecule has 19 heavy (non-hydrogen) atoms. The number of carbonyl (C=O) groups is 1. The maximum absolute atomic E-state index is 11.7. The summed E-state index contributed by atoms with van der Waals surface area (Å²) in [6, 6.07) is 2.94. The number of anilines is 2. The largest absolute Gasteiger partial charge is 0.465 e. The van der Waals surface area contributed by atoms with Gasteiger partial charge >= 0.3 is 5.97 Å². The molecular formula is C12H17ClN2O3S. The molecular weight excluding hydrogens is 288 g/mol. The zero-order chi connectivity index (χ0) is 14.6. The third kappa shape index (κ3) is 4.40. The molecule has 5 nitrogen and oxygen atoms in total. The van der Waals surface area contributed by atoms with Crippen LogP contribution in [0.25, 0.3) is 0 Å². The standard InChI is InChI=1S/C12H17ClN2O3S/c1-7(6-19(3)17)15-11-9(12(16)18-2)4-8(14)5-10(11)13/h4-5,7,15H,6,14H2,1-3H3. The number of hydrogen-bond donors (Lipinski definition) is 2. The quantitative estimate of drug-likeness (QED) is 0.641. The van der Waals surface area contributed by atoms with Crippen LogP contribution in [0.2, 0.25) is 5.02 Å². The number of rotatable bonds is 5. The number of esters is 1. The van der Waals surface area contributed by atoms with Crippen molar-refractivity contribution in [1.29, 1.82) is 0 Å². The fraction of sp³-hybridized carbons (Fsp3) is 0.417. The van der Waals surface area contributed by atoms with Gasteiger partial charge in [-0.15, -0.1) is 0 Å². The summed E-state index contributed by atoms with van der Waals surface area (Å²) in [5, 5.41) is 3.40. The molecule has 0 bridgehead atoms. The van der Waals surface area contributed by atoms with E-state index in [9.17, 15) is 9.00 Å². The minimum absolute atomic E-state index is 0.102. The zero-order valence-electron chi connectivity index (χ0n) is 11.0. The Morgan fingerprint density at radius 2 is 2.21 bits per heavy atom. The molecule has 1 rings (SSSR count). The number of ether oxygens (including phenoxy) is 1. The van der Waals surface area contributed by atoms with Gasteiger partial charge in [-0.05, 0) is 19.1 Å². The maximum atomic E-state index is 11.7. The van der Waals surface area contributed by atoms with E-state index in [0.717, 1.165) is 0 Å². The van der Waals surface area contributed by atoms with Gasteiger partial charge in [0.15, 0.2) is 0 Å². The fourth-order valence-electron chi connectivity index (χ4n) is 1.69. The molecule has 0 aliphatic heterocycles. The van der Waals surface area contributed by atoms with E-state index >= 15 is 0 Å². The summed E-state index contributed by atoms with van der Waals surface area (Å²) >= 11 is 6.09. The van der Waals surface area contributed by atoms with Crippen molar-refractivity contribution < 1.29 is 13.7 Å². The third-order valence-electron chi connectivity index (χ3n) is 2.39. The molecule has 0 heterocycles. The highest BCUT2D eigenvalue weighted by Gasteiger charge is 2.18. The van der Waals surface area contributed by atoms with Gasteiger partial charge in [0.1, 0.15) is 0 Å². The maximum Gasteiger partial charge on any atom is 0.340 e. The molecule has 0 aliphatic carbocycles. The summed E-state index contributed by atoms with van der Waals surface area (Å²) in [6.45, 7) is 1.86. The van der Waals surface area contributed by atoms with Gasteiger partial charge in [-0.1, -0.05) is 11.6 Å². The lowest BCUT2D eigenvalue weighted by atomic mass is 10.1. The van der Waals surface area contributed by atoms with Crippen molar-refractivity contribution >= 4 is 39.7 Å². The second-order valence-electron chi connectivity index (χ2n) is 4.20. The first kappa shape index (κ1) is 15.8. The Balaban J connectivity index is 3.10. The van der Waals surface area contributed by atoms with Crippen LogP contribution in [0.5, 0.6) is 0 Å². The minimum Gasteiger partial charge on any atom is -0.465 e. The van der Waals surface area contributed by atoms with E-state index in [2.05, 4.69) is 5.32 Å². The van der Waals surface area contributed by atoms with E-state index in [-0.39, 0.29) is 11.6 Å². The van der Waals surface area contributed by atoms with Crippen LogP contribution in [-0.4, -0.2) is 35.3 Å². The molecule has 7 heteroatoms. The van der Waals surface area contributed by atoms with Crippen LogP contribution in [0.15, 0.2) is 12.1 Å². The number of nitrogen functional groups attached to an aromatic ring is 1. The van der Waals surface area contributed by atoms with Crippen LogP contribution < -0.4 is 11.1 Å². The highest BCUT2D eigenvalue weighted by Crippen LogP contribution is 2.30. The Hall–Kier alpha value is -1.27. The molecule has 0 saturated carbocycles. The lowest BCUT2D eigenvalue weighted by Crippen LogP contribution is -2.24. The molecule has 3 N–H and O–H groups in total. The topological polar surface area (TPSA) is 81.4 Å². The summed E-state index contributed by atoms with van der Waals surface area (Å²) in [5.74, 6) is -0.0806. The van der Waals surface area contributed by atoms with Crippen LogP contribution in [-0.2, 0) is 15.5 Å². The number of benzene rings is 1. The molecule has 0 radical (unpaired) electrons. The normalized spacial score (nSPS) is 13.7. The smallest absolute Gasteiger partial charge is 0.340 e. The first-order chi connectivity index (χ1) is 8.85. The number of halogens is 1. The van der Waals surface area contributed by atoms with Gasteiger partial charge in [0.25, 0.3) is 0 Å². The average Bonchev–Trinajstić information content (AvgIpc) is 2.30. The summed E-state index contributed by atoms with van der Waals surface area (Å²) in [5.41, 5.74) is 6.75. The number of hydrogen-bond acceptors (Lipinski definition) is 5. The summed E-state index contributed by atoms with van der Waals surface area (Å²) in [7, 11) is 0.340. The minimum atomic E-state index is -0.946. The molecule has 0 fully saturated rings. The average molecular weight is 305 g/mol. The molecule has 0 spiro atoms. The van der Waals surface area contributed by atoms with Gasteiger partial charge in [0, 0.05) is 34.5 Å². The zero-order valence-corrected chi connectivity index (χ0v) is 12.6. The van der Waals surface area contributed by atoms with Gasteiger partial charge in [0.2, 0.25) is 0 Å². The second kappa shape index (κ2) is 6.77. The van der Waals surface area contributed by atoms with Gasteiger partial charge in [0.05, 0.1) is 23.4 Å². The molecule has 0 saturated heterocycles. The van der Waals surface area contributed by atoms with Crippen LogP contribution in [0, 0.1) is 0 Å². The van der Waals surface area contributed by atoms with Crippen LogP contribution in [0.3, 0.4) is 0 Å². The summed E-state index contributed by atoms with van der Waals surface area (Å²) in [4.78, 5) is 11.7. The van der Waals surface area contributed by atoms with E-state index in [1.807, 2.05) is 6.92 Å². The Morgan fingerprint density at radius 3 is 2.74 bits per heavy atom. The molecule has 106 valence electrons. The van der Waals surface area contributed by atoms with Crippen molar-refractivity contribution in [2.45, 2.75) is 13.0 Å². The first-order valence-corrected chi connectivity index (χ1v) is 7.69. The lowest BCUT2D eigenvalue weighted by molar-refractivity contribution is 0.0602. The molecule has 1 aromatic carbocycles. The predicted molar refractivity (Wildman–Crippen MR) is 79.2 cm³/mol. The van der Waals surface area contributed by atoms with Crippen molar-refractivity contribution in [2.75, 3.05) is 30.2 Å². The molecule has 0 aromatic heterocycles. The van der Waals surface area contributed by atoms with Gasteiger partial charge in [-0.2, -0.15) is 0 Å². The summed E-state index contributed by atoms with van der Waals surface area (Å²) < 4.78 is 15.9. The van der Waals surface area contributed by atoms with Crippen LogP contribution in [0.1, 0.15) is 17.3 Å². The van der Waals surface area contributed by atoms with Gasteiger partial charge in [-0.3, -0.25) is 4.21 Å². The van der Waals surface area contributed by atoms with Crippen molar-refractivity contribution in [3.8, 4) is 0 Å². The van der Waals surface area contributed by atoms with Crippen molar-refractivity contribution in [1.82, 2.24) is 0 Å². The highest BCUT2D eigenvalue weighted by molar-refractivity contribution is 7.84. The highest BCUT2D eigenvalue weighted by atomic mass is 35.5. The van der Waals surface area contributed by atoms with Crippen LogP contribution in [0.4, 0.5) is 11.4 Å². The Bertz CT molecular complexity index is 508. The summed E-state index contributed by atoms with van der Waals surface area (Å²) in [6.07, 6.45) is 1.62. The molecule has 0 aliphatic rings. The Morgan fingerprint density at radius 1 is 1.58 bits per heavy atom. The lowest BCUT2D eigenvalue weighted by Gasteiger charge is -2.18. The Labute approximate surface area is 119 Å². The first-order valence-electron chi connectivity index (χ1n) is 5.59. The van der Waals surface area contributed by atoms with E-state index in [1.54, 1.807) is 12.3 Å². The van der Waals surface area contributed by atoms with Gasteiger partial charge < -0.3 is 15.8 Å². The number of methoxy groups -OCH3 is 1. The molecule has 2 atom stereocenters. The van der Waals surface area contributed by atoms with Crippen molar-refractivity contribution in [3.05, 3.63) is 22.7 Å². The molecule has 0 amide bonds. The van der Waals surface area contributed by atoms with E-state index in [0.29, 0.717) is 22.2 Å². The van der Waals surface area contributed by atoms with Crippen molar-refractivity contribution in [3.63, 3.8) is 0 Å². The third-order valence-corrected chi connectivity index (χ3v) is 3.66. The molecule has 2 unspecified atom stereocenters. The van der Waals surface area contributed by atoms with Crippen molar-refractivity contribution in [2.24, 2.45) is 0 Å². The Kier molecular flexibility index (Phi) is 5.62. The van der Waals surface area contributed by atoms with E-state index < -0.39 is 16.8 Å². The predicted octanol–water partition coefficient (Wildman–Crippen LogP) is 1.89. The van der Waals surface area contributed by atoms with Gasteiger partial charge in [-0.25, -0.2) is 4.79 Å². The van der Waals surface area contributed by atoms with E-state index in [1.165, 1.54) is 13.2 Å². The number of nitrogens with two attached hydrogens (primary N) is 1. The second-order valence-corrected chi connectivity index (χ2v) is 6.09. The van der Waals surface area contributed by atoms with Crippen LogP contribution >= 0.6 is 11.6 Å². The van der Waals surface area contributed by atoms with E-state index in [4.69, 9.17) is 22.1 Å². The SMILES string of the molecule is COC(=O)c1cc(N)cc(Cl)c1NC(C)CS(C)=O. The fourth-order valence-corrected chi connectivity index (χ4v) is 2.76.